The van der Waals surface area contributed by atoms with E-state index in [-0.39, 0.29) is 18.1 Å². The van der Waals surface area contributed by atoms with E-state index in [1.807, 2.05) is 32.0 Å². The lowest BCUT2D eigenvalue weighted by molar-refractivity contribution is -0.123. The molecule has 1 saturated heterocycles. The van der Waals surface area contributed by atoms with Crippen LogP contribution in [0, 0.1) is 0 Å². The van der Waals surface area contributed by atoms with Gasteiger partial charge < -0.3 is 10.1 Å². The van der Waals surface area contributed by atoms with E-state index < -0.39 is 0 Å². The van der Waals surface area contributed by atoms with Crippen LogP contribution in [-0.2, 0) is 9.53 Å². The second-order valence-corrected chi connectivity index (χ2v) is 6.08. The quantitative estimate of drug-likeness (QED) is 0.927. The molecule has 0 aliphatic carbocycles. The summed E-state index contributed by atoms with van der Waals surface area (Å²) in [7, 11) is 0. The average molecular weight is 290 g/mol. The standard InChI is InChI=1S/C17H26N2O2/c1-12(2)15-7-5-6-8-16(15)18-17(20)14(4)19-9-10-21-13(3)11-19/h5-8,12-14H,9-11H2,1-4H3,(H,18,20). The fraction of sp³-hybridized carbons (Fsp3) is 0.588. The summed E-state index contributed by atoms with van der Waals surface area (Å²) < 4.78 is 5.53. The Morgan fingerprint density at radius 2 is 2.05 bits per heavy atom. The van der Waals surface area contributed by atoms with Crippen molar-refractivity contribution in [2.24, 2.45) is 0 Å². The number of benzene rings is 1. The topological polar surface area (TPSA) is 41.6 Å². The molecule has 1 heterocycles. The summed E-state index contributed by atoms with van der Waals surface area (Å²) in [5.41, 5.74) is 2.10. The predicted octanol–water partition coefficient (Wildman–Crippen LogP) is 2.86. The first-order valence-corrected chi connectivity index (χ1v) is 7.74. The first kappa shape index (κ1) is 16.0. The van der Waals surface area contributed by atoms with Crippen LogP contribution < -0.4 is 5.32 Å². The SMILES string of the molecule is CC1CN(C(C)C(=O)Nc2ccccc2C(C)C)CCO1. The first-order chi connectivity index (χ1) is 9.99. The number of nitrogens with one attached hydrogen (secondary N) is 1. The van der Waals surface area contributed by atoms with Crippen molar-refractivity contribution in [2.45, 2.75) is 45.8 Å². The van der Waals surface area contributed by atoms with E-state index in [1.165, 1.54) is 5.56 Å². The van der Waals surface area contributed by atoms with Crippen molar-refractivity contribution >= 4 is 11.6 Å². The molecule has 1 aromatic rings. The highest BCUT2D eigenvalue weighted by Gasteiger charge is 2.26. The van der Waals surface area contributed by atoms with Crippen molar-refractivity contribution in [1.82, 2.24) is 4.90 Å². The van der Waals surface area contributed by atoms with Gasteiger partial charge in [0.05, 0.1) is 18.8 Å². The Balaban J connectivity index is 2.04. The Morgan fingerprint density at radius 1 is 1.33 bits per heavy atom. The van der Waals surface area contributed by atoms with Crippen molar-refractivity contribution < 1.29 is 9.53 Å². The maximum absolute atomic E-state index is 12.5. The van der Waals surface area contributed by atoms with E-state index >= 15 is 0 Å². The lowest BCUT2D eigenvalue weighted by Gasteiger charge is -2.34. The van der Waals surface area contributed by atoms with E-state index in [2.05, 4.69) is 30.1 Å². The van der Waals surface area contributed by atoms with Gasteiger partial charge in [-0.15, -0.1) is 0 Å². The molecule has 1 fully saturated rings. The molecule has 0 aromatic heterocycles. The minimum atomic E-state index is -0.142. The Bertz CT molecular complexity index is 487. The molecule has 1 aliphatic rings. The van der Waals surface area contributed by atoms with Crippen molar-refractivity contribution in [1.29, 1.82) is 0 Å². The van der Waals surface area contributed by atoms with Gasteiger partial charge in [0.2, 0.25) is 5.91 Å². The van der Waals surface area contributed by atoms with Crippen LogP contribution in [0.25, 0.3) is 0 Å². The lowest BCUT2D eigenvalue weighted by atomic mass is 10.0. The molecular formula is C17H26N2O2. The first-order valence-electron chi connectivity index (χ1n) is 7.74. The fourth-order valence-corrected chi connectivity index (χ4v) is 2.71. The summed E-state index contributed by atoms with van der Waals surface area (Å²) in [5, 5.41) is 3.08. The van der Waals surface area contributed by atoms with E-state index in [4.69, 9.17) is 4.74 Å². The third-order valence-corrected chi connectivity index (χ3v) is 4.04. The predicted molar refractivity (Wildman–Crippen MR) is 85.6 cm³/mol. The number of para-hydroxylation sites is 1. The number of ether oxygens (including phenoxy) is 1. The van der Waals surface area contributed by atoms with Gasteiger partial charge in [0, 0.05) is 18.8 Å². The number of morpholine rings is 1. The van der Waals surface area contributed by atoms with Crippen LogP contribution in [0.15, 0.2) is 24.3 Å². The number of rotatable bonds is 4. The Morgan fingerprint density at radius 3 is 2.71 bits per heavy atom. The zero-order chi connectivity index (χ0) is 15.4. The molecule has 0 bridgehead atoms. The molecule has 1 aromatic carbocycles. The molecule has 0 radical (unpaired) electrons. The lowest BCUT2D eigenvalue weighted by Crippen LogP contribution is -2.50. The van der Waals surface area contributed by atoms with Gasteiger partial charge in [-0.3, -0.25) is 9.69 Å². The zero-order valence-corrected chi connectivity index (χ0v) is 13.4. The number of carbonyl (C=O) groups is 1. The summed E-state index contributed by atoms with van der Waals surface area (Å²) in [6.07, 6.45) is 0.192. The van der Waals surface area contributed by atoms with Crippen molar-refractivity contribution in [3.05, 3.63) is 29.8 Å². The zero-order valence-electron chi connectivity index (χ0n) is 13.4. The molecule has 4 heteroatoms. The van der Waals surface area contributed by atoms with E-state index in [0.717, 1.165) is 18.8 Å². The van der Waals surface area contributed by atoms with Gasteiger partial charge in [-0.1, -0.05) is 32.0 Å². The van der Waals surface area contributed by atoms with Crippen LogP contribution in [0.5, 0.6) is 0 Å². The van der Waals surface area contributed by atoms with Gasteiger partial charge in [-0.25, -0.2) is 0 Å². The molecule has 2 rings (SSSR count). The Kier molecular flexibility index (Phi) is 5.37. The smallest absolute Gasteiger partial charge is 0.241 e. The molecule has 0 spiro atoms. The fourth-order valence-electron chi connectivity index (χ4n) is 2.71. The Hall–Kier alpha value is -1.39. The maximum atomic E-state index is 12.5. The van der Waals surface area contributed by atoms with Gasteiger partial charge in [0.1, 0.15) is 0 Å². The summed E-state index contributed by atoms with van der Waals surface area (Å²) in [5.74, 6) is 0.442. The molecule has 2 atom stereocenters. The number of nitrogens with zero attached hydrogens (tertiary/aromatic N) is 1. The molecule has 21 heavy (non-hydrogen) atoms. The number of hydrogen-bond donors (Lipinski definition) is 1. The van der Waals surface area contributed by atoms with Crippen LogP contribution in [0.4, 0.5) is 5.69 Å². The molecule has 116 valence electrons. The summed E-state index contributed by atoms with van der Waals surface area (Å²) in [4.78, 5) is 14.7. The molecule has 1 N–H and O–H groups in total. The summed E-state index contributed by atoms with van der Waals surface area (Å²) in [6, 6.07) is 7.88. The molecule has 2 unspecified atom stereocenters. The minimum Gasteiger partial charge on any atom is -0.376 e. The van der Waals surface area contributed by atoms with Crippen LogP contribution in [0.2, 0.25) is 0 Å². The normalized spacial score (nSPS) is 21.3. The molecule has 0 saturated carbocycles. The highest BCUT2D eigenvalue weighted by molar-refractivity contribution is 5.95. The third-order valence-electron chi connectivity index (χ3n) is 4.04. The van der Waals surface area contributed by atoms with E-state index in [9.17, 15) is 4.79 Å². The van der Waals surface area contributed by atoms with Crippen molar-refractivity contribution in [3.63, 3.8) is 0 Å². The third kappa shape index (κ3) is 4.05. The van der Waals surface area contributed by atoms with Crippen molar-refractivity contribution in [2.75, 3.05) is 25.0 Å². The monoisotopic (exact) mass is 290 g/mol. The van der Waals surface area contributed by atoms with E-state index in [0.29, 0.717) is 12.5 Å². The second-order valence-electron chi connectivity index (χ2n) is 6.08. The number of amides is 1. The summed E-state index contributed by atoms with van der Waals surface area (Å²) in [6.45, 7) is 10.6. The van der Waals surface area contributed by atoms with Gasteiger partial charge in [-0.2, -0.15) is 0 Å². The number of carbonyl (C=O) groups excluding carboxylic acids is 1. The maximum Gasteiger partial charge on any atom is 0.241 e. The molecule has 4 nitrogen and oxygen atoms in total. The molecule has 1 aliphatic heterocycles. The van der Waals surface area contributed by atoms with Crippen LogP contribution >= 0.6 is 0 Å². The van der Waals surface area contributed by atoms with Crippen molar-refractivity contribution in [3.8, 4) is 0 Å². The highest BCUT2D eigenvalue weighted by atomic mass is 16.5. The van der Waals surface area contributed by atoms with Gasteiger partial charge in [0.25, 0.3) is 0 Å². The van der Waals surface area contributed by atoms with Gasteiger partial charge >= 0.3 is 0 Å². The summed E-state index contributed by atoms with van der Waals surface area (Å²) >= 11 is 0. The van der Waals surface area contributed by atoms with Gasteiger partial charge in [0.15, 0.2) is 0 Å². The van der Waals surface area contributed by atoms with Crippen LogP contribution in [0.1, 0.15) is 39.2 Å². The van der Waals surface area contributed by atoms with Crippen LogP contribution in [0.3, 0.4) is 0 Å². The number of hydrogen-bond acceptors (Lipinski definition) is 3. The largest absolute Gasteiger partial charge is 0.376 e. The average Bonchev–Trinajstić information content (AvgIpc) is 2.46. The molecule has 1 amide bonds. The highest BCUT2D eigenvalue weighted by Crippen LogP contribution is 2.24. The minimum absolute atomic E-state index is 0.0530. The van der Waals surface area contributed by atoms with Crippen LogP contribution in [-0.4, -0.2) is 42.6 Å². The second kappa shape index (κ2) is 7.05. The van der Waals surface area contributed by atoms with Gasteiger partial charge in [-0.05, 0) is 31.4 Å². The van der Waals surface area contributed by atoms with E-state index in [1.54, 1.807) is 0 Å². The molecular weight excluding hydrogens is 264 g/mol. The number of anilines is 1. The Labute approximate surface area is 127 Å².